The van der Waals surface area contributed by atoms with Gasteiger partial charge in [-0.05, 0) is 40.9 Å². The van der Waals surface area contributed by atoms with Crippen LogP contribution in [0.4, 0.5) is 0 Å². The zero-order valence-corrected chi connectivity index (χ0v) is 13.7. The molecule has 1 amide bonds. The van der Waals surface area contributed by atoms with Crippen molar-refractivity contribution in [2.24, 2.45) is 0 Å². The van der Waals surface area contributed by atoms with Crippen LogP contribution in [0.1, 0.15) is 43.5 Å². The first kappa shape index (κ1) is 17.0. The Bertz CT molecular complexity index is 515. The van der Waals surface area contributed by atoms with E-state index in [0.717, 1.165) is 0 Å². The highest BCUT2D eigenvalue weighted by atomic mass is 79.9. The zero-order valence-electron chi connectivity index (χ0n) is 11.4. The van der Waals surface area contributed by atoms with E-state index in [-0.39, 0.29) is 12.3 Å². The normalized spacial score (nSPS) is 11.2. The molecule has 0 heterocycles. The number of carboxylic acids is 1. The van der Waals surface area contributed by atoms with Gasteiger partial charge in [0.1, 0.15) is 0 Å². The number of carbonyl (C=O) groups excluding carboxylic acids is 1. The third-order valence-electron chi connectivity index (χ3n) is 3.42. The first-order valence-corrected chi connectivity index (χ1v) is 7.50. The van der Waals surface area contributed by atoms with Crippen molar-refractivity contribution in [3.63, 3.8) is 0 Å². The molecule has 0 bridgehead atoms. The fourth-order valence-corrected chi connectivity index (χ4v) is 2.58. The number of benzene rings is 1. The molecule has 0 saturated carbocycles. The summed E-state index contributed by atoms with van der Waals surface area (Å²) >= 11 is 9.35. The Labute approximate surface area is 131 Å². The smallest absolute Gasteiger partial charge is 0.305 e. The van der Waals surface area contributed by atoms with Crippen molar-refractivity contribution in [3.05, 3.63) is 33.3 Å². The minimum absolute atomic E-state index is 0.114. The maximum Gasteiger partial charge on any atom is 0.305 e. The van der Waals surface area contributed by atoms with Crippen molar-refractivity contribution in [1.82, 2.24) is 5.32 Å². The fraction of sp³-hybridized carbons (Fsp3) is 0.429. The number of halogens is 2. The van der Waals surface area contributed by atoms with Gasteiger partial charge in [0.15, 0.2) is 0 Å². The molecule has 6 heteroatoms. The van der Waals surface area contributed by atoms with Crippen LogP contribution in [-0.4, -0.2) is 22.5 Å². The fourth-order valence-electron chi connectivity index (χ4n) is 2.00. The van der Waals surface area contributed by atoms with E-state index in [1.54, 1.807) is 18.2 Å². The van der Waals surface area contributed by atoms with Gasteiger partial charge in [0, 0.05) is 4.47 Å². The van der Waals surface area contributed by atoms with Crippen molar-refractivity contribution >= 4 is 39.4 Å². The second-order valence-corrected chi connectivity index (χ2v) is 5.85. The van der Waals surface area contributed by atoms with Gasteiger partial charge in [0.05, 0.1) is 22.5 Å². The molecule has 2 N–H and O–H groups in total. The lowest BCUT2D eigenvalue weighted by molar-refractivity contribution is -0.138. The lowest BCUT2D eigenvalue weighted by Crippen LogP contribution is -2.49. The van der Waals surface area contributed by atoms with E-state index in [9.17, 15) is 9.59 Å². The summed E-state index contributed by atoms with van der Waals surface area (Å²) in [5, 5.41) is 12.1. The molecule has 1 rings (SSSR count). The summed E-state index contributed by atoms with van der Waals surface area (Å²) in [7, 11) is 0. The van der Waals surface area contributed by atoms with Crippen LogP contribution in [0.15, 0.2) is 22.7 Å². The Kier molecular flexibility index (Phi) is 6.02. The second-order valence-electron chi connectivity index (χ2n) is 4.61. The topological polar surface area (TPSA) is 66.4 Å². The van der Waals surface area contributed by atoms with Crippen molar-refractivity contribution in [2.45, 2.75) is 38.6 Å². The van der Waals surface area contributed by atoms with Crippen molar-refractivity contribution in [1.29, 1.82) is 0 Å². The molecule has 4 nitrogen and oxygen atoms in total. The number of hydrogen-bond acceptors (Lipinski definition) is 2. The Morgan fingerprint density at radius 2 is 1.95 bits per heavy atom. The lowest BCUT2D eigenvalue weighted by atomic mass is 9.88. The monoisotopic (exact) mass is 361 g/mol. The van der Waals surface area contributed by atoms with Gasteiger partial charge >= 0.3 is 5.97 Å². The van der Waals surface area contributed by atoms with Crippen molar-refractivity contribution in [3.8, 4) is 0 Å². The van der Waals surface area contributed by atoms with Gasteiger partial charge in [0.2, 0.25) is 0 Å². The highest BCUT2D eigenvalue weighted by Crippen LogP contribution is 2.27. The number of nitrogens with one attached hydrogen (secondary N) is 1. The average molecular weight is 363 g/mol. The van der Waals surface area contributed by atoms with E-state index in [2.05, 4.69) is 21.2 Å². The Morgan fingerprint density at radius 3 is 2.45 bits per heavy atom. The van der Waals surface area contributed by atoms with Gasteiger partial charge in [0.25, 0.3) is 5.91 Å². The predicted octanol–water partition coefficient (Wildman–Crippen LogP) is 3.87. The molecule has 0 fully saturated rings. The third-order valence-corrected chi connectivity index (χ3v) is 4.71. The zero-order chi connectivity index (χ0) is 15.3. The molecule has 0 aliphatic heterocycles. The third kappa shape index (κ3) is 3.96. The molecule has 110 valence electrons. The van der Waals surface area contributed by atoms with Crippen molar-refractivity contribution < 1.29 is 14.7 Å². The van der Waals surface area contributed by atoms with Gasteiger partial charge in [-0.25, -0.2) is 0 Å². The molecule has 1 aromatic rings. The molecule has 0 aliphatic rings. The number of amides is 1. The van der Waals surface area contributed by atoms with E-state index in [1.165, 1.54) is 0 Å². The van der Waals surface area contributed by atoms with Crippen molar-refractivity contribution in [2.75, 3.05) is 0 Å². The lowest BCUT2D eigenvalue weighted by Gasteiger charge is -2.31. The second kappa shape index (κ2) is 7.09. The summed E-state index contributed by atoms with van der Waals surface area (Å²) in [6, 6.07) is 5.06. The van der Waals surface area contributed by atoms with E-state index in [0.29, 0.717) is 27.9 Å². The van der Waals surface area contributed by atoms with Crippen LogP contribution in [0.2, 0.25) is 5.02 Å². The maximum atomic E-state index is 12.3. The highest BCUT2D eigenvalue weighted by Gasteiger charge is 2.31. The summed E-state index contributed by atoms with van der Waals surface area (Å²) in [6.07, 6.45) is 0.956. The maximum absolute atomic E-state index is 12.3. The minimum atomic E-state index is -0.936. The van der Waals surface area contributed by atoms with E-state index < -0.39 is 11.5 Å². The van der Waals surface area contributed by atoms with Gasteiger partial charge < -0.3 is 10.4 Å². The van der Waals surface area contributed by atoms with Crippen LogP contribution >= 0.6 is 27.5 Å². The van der Waals surface area contributed by atoms with Crippen LogP contribution < -0.4 is 5.32 Å². The van der Waals surface area contributed by atoms with Crippen LogP contribution in [0.25, 0.3) is 0 Å². The molecule has 20 heavy (non-hydrogen) atoms. The Balaban J connectivity index is 3.02. The predicted molar refractivity (Wildman–Crippen MR) is 82.2 cm³/mol. The van der Waals surface area contributed by atoms with Crippen LogP contribution in [0.3, 0.4) is 0 Å². The molecule has 0 saturated heterocycles. The summed E-state index contributed by atoms with van der Waals surface area (Å²) in [5.41, 5.74) is -0.424. The summed E-state index contributed by atoms with van der Waals surface area (Å²) in [5.74, 6) is -1.30. The Morgan fingerprint density at radius 1 is 1.35 bits per heavy atom. The van der Waals surface area contributed by atoms with Gasteiger partial charge in [-0.2, -0.15) is 0 Å². The van der Waals surface area contributed by atoms with E-state index in [1.807, 2.05) is 13.8 Å². The number of carboxylic acid groups (broad SMARTS) is 1. The molecule has 1 aromatic carbocycles. The first-order chi connectivity index (χ1) is 9.35. The largest absolute Gasteiger partial charge is 0.481 e. The highest BCUT2D eigenvalue weighted by molar-refractivity contribution is 9.10. The van der Waals surface area contributed by atoms with Crippen LogP contribution in [0, 0.1) is 0 Å². The number of carbonyl (C=O) groups is 2. The van der Waals surface area contributed by atoms with Crippen LogP contribution in [-0.2, 0) is 4.79 Å². The SMILES string of the molecule is CCC(CC)(CC(=O)O)NC(=O)c1cccc(Br)c1Cl. The molecule has 0 spiro atoms. The summed E-state index contributed by atoms with van der Waals surface area (Å²) < 4.78 is 0.628. The van der Waals surface area contributed by atoms with Gasteiger partial charge in [-0.1, -0.05) is 31.5 Å². The molecule has 0 aliphatic carbocycles. The van der Waals surface area contributed by atoms with Gasteiger partial charge in [-0.15, -0.1) is 0 Å². The van der Waals surface area contributed by atoms with Gasteiger partial charge in [-0.3, -0.25) is 9.59 Å². The molecule has 0 aromatic heterocycles. The quantitative estimate of drug-likeness (QED) is 0.807. The molecule has 0 atom stereocenters. The number of aliphatic carboxylic acids is 1. The standard InChI is InChI=1S/C14H17BrClNO3/c1-3-14(4-2,8-11(18)19)17-13(20)9-6-5-7-10(15)12(9)16/h5-7H,3-4,8H2,1-2H3,(H,17,20)(H,18,19). The van der Waals surface area contributed by atoms with E-state index >= 15 is 0 Å². The summed E-state index contributed by atoms with van der Waals surface area (Å²) in [6.45, 7) is 3.71. The molecular formula is C14H17BrClNO3. The minimum Gasteiger partial charge on any atom is -0.481 e. The number of rotatable bonds is 6. The van der Waals surface area contributed by atoms with E-state index in [4.69, 9.17) is 16.7 Å². The molecule has 0 radical (unpaired) electrons. The Hall–Kier alpha value is -1.07. The first-order valence-electron chi connectivity index (χ1n) is 6.33. The average Bonchev–Trinajstić information content (AvgIpc) is 2.40. The summed E-state index contributed by atoms with van der Waals surface area (Å²) in [4.78, 5) is 23.3. The number of hydrogen-bond donors (Lipinski definition) is 2. The molecule has 0 unspecified atom stereocenters. The van der Waals surface area contributed by atoms with Crippen LogP contribution in [0.5, 0.6) is 0 Å². The molecular weight excluding hydrogens is 346 g/mol.